The Labute approximate surface area is 62.4 Å². The topological polar surface area (TPSA) is 0 Å². The van der Waals surface area contributed by atoms with Gasteiger partial charge >= 0.3 is 0 Å². The van der Waals surface area contributed by atoms with Crippen molar-refractivity contribution in [3.8, 4) is 0 Å². The third-order valence-corrected chi connectivity index (χ3v) is 1.93. The van der Waals surface area contributed by atoms with Gasteiger partial charge in [0.2, 0.25) is 0 Å². The van der Waals surface area contributed by atoms with Gasteiger partial charge in [0.05, 0.1) is 7.85 Å². The van der Waals surface area contributed by atoms with E-state index in [0.717, 1.165) is 12.7 Å². The van der Waals surface area contributed by atoms with E-state index >= 15 is 0 Å². The van der Waals surface area contributed by atoms with Crippen molar-refractivity contribution in [1.82, 2.24) is 0 Å². The molecule has 0 spiro atoms. The molecule has 0 aliphatic heterocycles. The molecule has 52 valence electrons. The summed E-state index contributed by atoms with van der Waals surface area (Å²) in [5, 5.41) is 0. The summed E-state index contributed by atoms with van der Waals surface area (Å²) in [4.78, 5) is 0. The minimum absolute atomic E-state index is 0.455. The summed E-state index contributed by atoms with van der Waals surface area (Å²) in [7, 11) is 8.19. The van der Waals surface area contributed by atoms with Crippen LogP contribution in [-0.2, 0) is 0 Å². The lowest BCUT2D eigenvalue weighted by Crippen LogP contribution is -2.10. The molecule has 0 bridgehead atoms. The fraction of sp³-hybridized carbons (Fsp3) is 1.00. The molecule has 0 aromatic heterocycles. The zero-order chi connectivity index (χ0) is 7.33. The molecular weight excluding hydrogens is 126 g/mol. The van der Waals surface area contributed by atoms with Gasteiger partial charge < -0.3 is 0 Å². The van der Waals surface area contributed by atoms with E-state index in [1.807, 2.05) is 0 Å². The largest absolute Gasteiger partial charge is 0.138 e. The van der Waals surface area contributed by atoms with Crippen molar-refractivity contribution < 1.29 is 0 Å². The lowest BCUT2D eigenvalue weighted by Gasteiger charge is -2.22. The number of hydrogen-bond donors (Lipinski definition) is 0. The van der Waals surface area contributed by atoms with E-state index in [4.69, 9.17) is 7.85 Å². The smallest absolute Gasteiger partial charge is 0.0653 e. The normalized spacial score (nSPS) is 11.9. The van der Waals surface area contributed by atoms with Crippen LogP contribution in [0.1, 0.15) is 26.7 Å². The fourth-order valence-electron chi connectivity index (χ4n) is 0.906. The Morgan fingerprint density at radius 1 is 1.33 bits per heavy atom. The van der Waals surface area contributed by atoms with Gasteiger partial charge in [0.1, 0.15) is 0 Å². The summed E-state index contributed by atoms with van der Waals surface area (Å²) in [6.45, 7) is 4.54. The molecule has 0 saturated heterocycles. The van der Waals surface area contributed by atoms with Crippen molar-refractivity contribution in [2.24, 2.45) is 5.41 Å². The van der Waals surface area contributed by atoms with Crippen LogP contribution in [0.5, 0.6) is 0 Å². The van der Waals surface area contributed by atoms with Gasteiger partial charge in [-0.05, 0) is 18.0 Å². The zero-order valence-electron chi connectivity index (χ0n) is 6.48. The van der Waals surface area contributed by atoms with E-state index in [-0.39, 0.29) is 0 Å². The second-order valence-corrected chi connectivity index (χ2v) is 3.82. The first-order valence-electron chi connectivity index (χ1n) is 3.52. The van der Waals surface area contributed by atoms with Gasteiger partial charge in [-0.25, -0.2) is 0 Å². The molecule has 2 radical (unpaired) electrons. The molecule has 0 N–H and O–H groups in total. The van der Waals surface area contributed by atoms with Crippen LogP contribution in [-0.4, -0.2) is 14.0 Å². The molecule has 2 heteroatoms. The van der Waals surface area contributed by atoms with Crippen molar-refractivity contribution in [2.45, 2.75) is 33.0 Å². The van der Waals surface area contributed by atoms with Gasteiger partial charge in [0.15, 0.2) is 0 Å². The lowest BCUT2D eigenvalue weighted by atomic mass is 9.81. The molecule has 0 aromatic carbocycles. The molecule has 0 nitrogen and oxygen atoms in total. The quantitative estimate of drug-likeness (QED) is 0.417. The Morgan fingerprint density at radius 3 is 2.22 bits per heavy atom. The Hall–Kier alpha value is 0.495. The van der Waals surface area contributed by atoms with E-state index in [1.54, 1.807) is 0 Å². The average Bonchev–Trinajstić information content (AvgIpc) is 1.64. The molecule has 0 aromatic rings. The SMILES string of the molecule is [B]CCC(C)(C)CCP. The molecule has 0 fully saturated rings. The van der Waals surface area contributed by atoms with Crippen LogP contribution < -0.4 is 0 Å². The minimum atomic E-state index is 0.455. The molecule has 0 rings (SSSR count). The van der Waals surface area contributed by atoms with Crippen molar-refractivity contribution in [3.63, 3.8) is 0 Å². The first-order valence-corrected chi connectivity index (χ1v) is 4.34. The van der Waals surface area contributed by atoms with Crippen LogP contribution in [0, 0.1) is 5.41 Å². The lowest BCUT2D eigenvalue weighted by molar-refractivity contribution is 0.341. The van der Waals surface area contributed by atoms with Gasteiger partial charge in [-0.1, -0.05) is 26.6 Å². The molecule has 0 aliphatic rings. The van der Waals surface area contributed by atoms with Gasteiger partial charge in [-0.2, -0.15) is 0 Å². The van der Waals surface area contributed by atoms with Crippen LogP contribution in [0.2, 0.25) is 6.32 Å². The van der Waals surface area contributed by atoms with E-state index in [0.29, 0.717) is 5.41 Å². The molecule has 0 saturated carbocycles. The van der Waals surface area contributed by atoms with E-state index in [9.17, 15) is 0 Å². The van der Waals surface area contributed by atoms with Crippen LogP contribution >= 0.6 is 9.24 Å². The monoisotopic (exact) mass is 142 g/mol. The summed E-state index contributed by atoms with van der Waals surface area (Å²) in [6, 6.07) is 0. The van der Waals surface area contributed by atoms with Crippen molar-refractivity contribution in [1.29, 1.82) is 0 Å². The van der Waals surface area contributed by atoms with Crippen LogP contribution in [0.3, 0.4) is 0 Å². The molecule has 1 atom stereocenters. The summed E-state index contributed by atoms with van der Waals surface area (Å²) in [5.74, 6) is 0. The summed E-state index contributed by atoms with van der Waals surface area (Å²) in [5.41, 5.74) is 0.455. The Kier molecular flexibility index (Phi) is 4.57. The van der Waals surface area contributed by atoms with Gasteiger partial charge in [0, 0.05) is 0 Å². The highest BCUT2D eigenvalue weighted by molar-refractivity contribution is 7.16. The maximum atomic E-state index is 5.44. The van der Waals surface area contributed by atoms with Crippen LogP contribution in [0.4, 0.5) is 0 Å². The van der Waals surface area contributed by atoms with Crippen LogP contribution in [0.25, 0.3) is 0 Å². The predicted molar refractivity (Wildman–Crippen MR) is 48.2 cm³/mol. The molecule has 0 amide bonds. The van der Waals surface area contributed by atoms with Crippen molar-refractivity contribution >= 4 is 17.1 Å². The second-order valence-electron chi connectivity index (χ2n) is 3.24. The molecule has 0 aliphatic carbocycles. The first-order chi connectivity index (χ1) is 4.12. The standard InChI is InChI=1S/C7H16BP/c1-7(2,3-5-8)4-6-9/h3-6,9H2,1-2H3. The molecule has 1 unspecified atom stereocenters. The van der Waals surface area contributed by atoms with E-state index in [1.165, 1.54) is 12.6 Å². The van der Waals surface area contributed by atoms with Gasteiger partial charge in [-0.15, -0.1) is 9.24 Å². The van der Waals surface area contributed by atoms with Gasteiger partial charge in [-0.3, -0.25) is 0 Å². The first kappa shape index (κ1) is 9.49. The summed E-state index contributed by atoms with van der Waals surface area (Å²) < 4.78 is 0. The molecule has 0 heterocycles. The maximum absolute atomic E-state index is 5.44. The number of rotatable bonds is 4. The molecular formula is C7H16BP. The highest BCUT2D eigenvalue weighted by Crippen LogP contribution is 2.26. The van der Waals surface area contributed by atoms with Crippen molar-refractivity contribution in [3.05, 3.63) is 0 Å². The highest BCUT2D eigenvalue weighted by Gasteiger charge is 2.13. The predicted octanol–water partition coefficient (Wildman–Crippen LogP) is 2.25. The average molecular weight is 142 g/mol. The maximum Gasteiger partial charge on any atom is 0.0653 e. The Morgan fingerprint density at radius 2 is 1.89 bits per heavy atom. The third-order valence-electron chi connectivity index (χ3n) is 1.64. The van der Waals surface area contributed by atoms with Crippen LogP contribution in [0.15, 0.2) is 0 Å². The van der Waals surface area contributed by atoms with E-state index < -0.39 is 0 Å². The second kappa shape index (κ2) is 4.33. The highest BCUT2D eigenvalue weighted by atomic mass is 31.0. The van der Waals surface area contributed by atoms with E-state index in [2.05, 4.69) is 23.1 Å². The Bertz CT molecular complexity index is 63.3. The van der Waals surface area contributed by atoms with Gasteiger partial charge in [0.25, 0.3) is 0 Å². The summed E-state index contributed by atoms with van der Waals surface area (Å²) in [6.07, 6.45) is 4.40. The van der Waals surface area contributed by atoms with Crippen molar-refractivity contribution in [2.75, 3.05) is 6.16 Å². The minimum Gasteiger partial charge on any atom is -0.138 e. The third kappa shape index (κ3) is 4.97. The Balaban J connectivity index is 3.43. The fourth-order valence-corrected chi connectivity index (χ4v) is 1.69. The zero-order valence-corrected chi connectivity index (χ0v) is 7.64. The molecule has 9 heavy (non-hydrogen) atoms. The number of hydrogen-bond acceptors (Lipinski definition) is 0. The summed E-state index contributed by atoms with van der Waals surface area (Å²) >= 11 is 0.